The minimum atomic E-state index is 0.00673. The predicted molar refractivity (Wildman–Crippen MR) is 89.1 cm³/mol. The fourth-order valence-corrected chi connectivity index (χ4v) is 5.17. The molecule has 106 valence electrons. The van der Waals surface area contributed by atoms with E-state index in [1.54, 1.807) is 6.07 Å². The third-order valence-electron chi connectivity index (χ3n) is 3.67. The normalized spacial score (nSPS) is 18.6. The van der Waals surface area contributed by atoms with Crippen molar-refractivity contribution in [2.24, 2.45) is 0 Å². The van der Waals surface area contributed by atoms with Crippen molar-refractivity contribution < 1.29 is 4.79 Å². The van der Waals surface area contributed by atoms with E-state index in [-0.39, 0.29) is 5.91 Å². The number of thioether (sulfide) groups is 1. The molecule has 0 bridgehead atoms. The average Bonchev–Trinajstić information content (AvgIpc) is 3.06. The summed E-state index contributed by atoms with van der Waals surface area (Å²) in [7, 11) is 1.87. The second-order valence-corrected chi connectivity index (χ2v) is 7.50. The zero-order valence-electron chi connectivity index (χ0n) is 11.1. The molecule has 2 N–H and O–H groups in total. The highest BCUT2D eigenvalue weighted by Gasteiger charge is 2.27. The van der Waals surface area contributed by atoms with Crippen molar-refractivity contribution in [2.45, 2.75) is 12.5 Å². The number of thiophene rings is 1. The molecule has 1 aromatic heterocycles. The highest BCUT2D eigenvalue weighted by atomic mass is 35.5. The van der Waals surface area contributed by atoms with Crippen molar-refractivity contribution in [3.05, 3.63) is 28.1 Å². The highest BCUT2D eigenvalue weighted by Crippen LogP contribution is 2.39. The second kappa shape index (κ2) is 5.47. The van der Waals surface area contributed by atoms with Crippen LogP contribution in [0, 0.1) is 0 Å². The van der Waals surface area contributed by atoms with Crippen LogP contribution in [0.15, 0.2) is 18.2 Å². The van der Waals surface area contributed by atoms with Crippen LogP contribution in [-0.2, 0) is 0 Å². The first kappa shape index (κ1) is 14.0. The van der Waals surface area contributed by atoms with E-state index in [0.29, 0.717) is 21.6 Å². The van der Waals surface area contributed by atoms with Crippen LogP contribution in [0.25, 0.3) is 10.1 Å². The number of nitrogen functional groups attached to an aromatic ring is 1. The summed E-state index contributed by atoms with van der Waals surface area (Å²) in [6.07, 6.45) is 1.05. The third-order valence-corrected chi connectivity index (χ3v) is 6.29. The number of nitrogens with zero attached hydrogens (tertiary/aromatic N) is 1. The summed E-state index contributed by atoms with van der Waals surface area (Å²) >= 11 is 9.50. The van der Waals surface area contributed by atoms with Crippen LogP contribution in [0.5, 0.6) is 0 Å². The van der Waals surface area contributed by atoms with Crippen molar-refractivity contribution in [3.63, 3.8) is 0 Å². The van der Waals surface area contributed by atoms with E-state index < -0.39 is 0 Å². The number of anilines is 1. The van der Waals surface area contributed by atoms with Gasteiger partial charge in [0.2, 0.25) is 0 Å². The average molecular weight is 327 g/mol. The molecule has 1 aliphatic heterocycles. The molecule has 1 saturated heterocycles. The molecule has 3 nitrogen and oxygen atoms in total. The van der Waals surface area contributed by atoms with Gasteiger partial charge in [0.1, 0.15) is 4.88 Å². The predicted octanol–water partition coefficient (Wildman–Crippen LogP) is 3.71. The summed E-state index contributed by atoms with van der Waals surface area (Å²) in [5, 5.41) is 1.41. The second-order valence-electron chi connectivity index (χ2n) is 4.89. The molecule has 1 aliphatic rings. The van der Waals surface area contributed by atoms with Crippen LogP contribution >= 0.6 is 34.7 Å². The minimum absolute atomic E-state index is 0.00673. The van der Waals surface area contributed by atoms with Crippen LogP contribution in [0.2, 0.25) is 5.02 Å². The molecule has 1 amide bonds. The zero-order valence-corrected chi connectivity index (χ0v) is 13.4. The molecule has 1 aromatic carbocycles. The fraction of sp³-hybridized carbons (Fsp3) is 0.357. The van der Waals surface area contributed by atoms with E-state index in [0.717, 1.165) is 28.0 Å². The Morgan fingerprint density at radius 1 is 1.50 bits per heavy atom. The summed E-state index contributed by atoms with van der Waals surface area (Å²) in [6, 6.07) is 5.95. The molecule has 0 aliphatic carbocycles. The highest BCUT2D eigenvalue weighted by molar-refractivity contribution is 7.99. The summed E-state index contributed by atoms with van der Waals surface area (Å²) in [4.78, 5) is 15.1. The fourth-order valence-electron chi connectivity index (χ4n) is 2.44. The molecule has 1 atom stereocenters. The Morgan fingerprint density at radius 2 is 2.30 bits per heavy atom. The van der Waals surface area contributed by atoms with Gasteiger partial charge < -0.3 is 10.6 Å². The summed E-state index contributed by atoms with van der Waals surface area (Å²) < 4.78 is 0.965. The van der Waals surface area contributed by atoms with E-state index in [2.05, 4.69) is 0 Å². The Bertz CT molecular complexity index is 664. The van der Waals surface area contributed by atoms with Gasteiger partial charge in [-0.3, -0.25) is 4.79 Å². The van der Waals surface area contributed by atoms with Gasteiger partial charge in [-0.1, -0.05) is 17.7 Å². The smallest absolute Gasteiger partial charge is 0.266 e. The van der Waals surface area contributed by atoms with E-state index in [1.807, 2.05) is 35.8 Å². The maximum Gasteiger partial charge on any atom is 0.266 e. The van der Waals surface area contributed by atoms with E-state index in [1.165, 1.54) is 11.3 Å². The Morgan fingerprint density at radius 3 is 2.95 bits per heavy atom. The van der Waals surface area contributed by atoms with Gasteiger partial charge in [0.05, 0.1) is 10.7 Å². The first-order valence-corrected chi connectivity index (χ1v) is 8.76. The van der Waals surface area contributed by atoms with Crippen LogP contribution in [-0.4, -0.2) is 35.4 Å². The van der Waals surface area contributed by atoms with Crippen molar-refractivity contribution in [3.8, 4) is 0 Å². The number of hydrogen-bond donors (Lipinski definition) is 1. The number of carbonyl (C=O) groups excluding carboxylic acids is 1. The van der Waals surface area contributed by atoms with Crippen LogP contribution in [0.3, 0.4) is 0 Å². The standard InChI is InChI=1S/C14H15ClN2OS2/c1-17(8-5-6-19-7-8)14(18)13-12(16)11-9(15)3-2-4-10(11)20-13/h2-4,8H,5-7,16H2,1H3. The molecule has 0 saturated carbocycles. The van der Waals surface area contributed by atoms with Crippen molar-refractivity contribution >= 4 is 56.4 Å². The number of hydrogen-bond acceptors (Lipinski definition) is 4. The Hall–Kier alpha value is -0.910. The van der Waals surface area contributed by atoms with Gasteiger partial charge in [-0.2, -0.15) is 11.8 Å². The monoisotopic (exact) mass is 326 g/mol. The quantitative estimate of drug-likeness (QED) is 0.915. The van der Waals surface area contributed by atoms with Gasteiger partial charge in [-0.15, -0.1) is 11.3 Å². The van der Waals surface area contributed by atoms with Crippen LogP contribution < -0.4 is 5.73 Å². The molecule has 6 heteroatoms. The van der Waals surface area contributed by atoms with Crippen LogP contribution in [0.1, 0.15) is 16.1 Å². The number of halogens is 1. The lowest BCUT2D eigenvalue weighted by molar-refractivity contribution is 0.0754. The van der Waals surface area contributed by atoms with Crippen molar-refractivity contribution in [1.29, 1.82) is 0 Å². The maximum atomic E-state index is 12.6. The van der Waals surface area contributed by atoms with Gasteiger partial charge in [0.15, 0.2) is 0 Å². The first-order valence-electron chi connectivity index (χ1n) is 6.41. The summed E-state index contributed by atoms with van der Waals surface area (Å²) in [5.41, 5.74) is 6.66. The molecule has 0 radical (unpaired) electrons. The van der Waals surface area contributed by atoms with Crippen molar-refractivity contribution in [2.75, 3.05) is 24.3 Å². The van der Waals surface area contributed by atoms with Crippen molar-refractivity contribution in [1.82, 2.24) is 4.90 Å². The molecule has 0 spiro atoms. The maximum absolute atomic E-state index is 12.6. The van der Waals surface area contributed by atoms with E-state index in [9.17, 15) is 4.79 Å². The molecule has 2 aromatic rings. The van der Waals surface area contributed by atoms with E-state index in [4.69, 9.17) is 17.3 Å². The third kappa shape index (κ3) is 2.28. The largest absolute Gasteiger partial charge is 0.397 e. The van der Waals surface area contributed by atoms with Gasteiger partial charge in [0, 0.05) is 28.9 Å². The number of rotatable bonds is 2. The van der Waals surface area contributed by atoms with E-state index >= 15 is 0 Å². The molecule has 1 unspecified atom stereocenters. The molecule has 3 rings (SSSR count). The summed E-state index contributed by atoms with van der Waals surface area (Å²) in [6.45, 7) is 0. The Kier molecular flexibility index (Phi) is 3.84. The lowest BCUT2D eigenvalue weighted by Gasteiger charge is -2.23. The minimum Gasteiger partial charge on any atom is -0.397 e. The molecular formula is C14H15ClN2OS2. The topological polar surface area (TPSA) is 46.3 Å². The van der Waals surface area contributed by atoms with Gasteiger partial charge >= 0.3 is 0 Å². The molecule has 20 heavy (non-hydrogen) atoms. The van der Waals surface area contributed by atoms with Gasteiger partial charge in [-0.25, -0.2) is 0 Å². The number of benzene rings is 1. The zero-order chi connectivity index (χ0) is 14.3. The lowest BCUT2D eigenvalue weighted by Crippen LogP contribution is -2.36. The molecular weight excluding hydrogens is 312 g/mol. The van der Waals surface area contributed by atoms with Gasteiger partial charge in [0.25, 0.3) is 5.91 Å². The SMILES string of the molecule is CN(C(=O)c1sc2cccc(Cl)c2c1N)C1CCSC1. The number of amides is 1. The number of carbonyl (C=O) groups is 1. The Balaban J connectivity index is 1.99. The molecule has 2 heterocycles. The number of nitrogens with two attached hydrogens (primary N) is 1. The summed E-state index contributed by atoms with van der Waals surface area (Å²) in [5.74, 6) is 2.14. The lowest BCUT2D eigenvalue weighted by atomic mass is 10.2. The molecule has 1 fully saturated rings. The van der Waals surface area contributed by atoms with Gasteiger partial charge in [-0.05, 0) is 24.3 Å². The van der Waals surface area contributed by atoms with Crippen LogP contribution in [0.4, 0.5) is 5.69 Å². The number of fused-ring (bicyclic) bond motifs is 1. The first-order chi connectivity index (χ1) is 9.59. The Labute approximate surface area is 131 Å².